The molecule has 0 saturated carbocycles. The first-order valence-electron chi connectivity index (χ1n) is 15.9. The molecule has 0 radical (unpaired) electrons. The van der Waals surface area contributed by atoms with E-state index < -0.39 is 0 Å². The summed E-state index contributed by atoms with van der Waals surface area (Å²) in [5, 5.41) is 11.6. The summed E-state index contributed by atoms with van der Waals surface area (Å²) in [7, 11) is 0. The number of benzene rings is 8. The van der Waals surface area contributed by atoms with Gasteiger partial charge < -0.3 is 9.13 Å². The predicted octanol–water partition coefficient (Wildman–Crippen LogP) is 11.9. The average molecular weight is 585 g/mol. The minimum absolute atomic E-state index is 1.16. The van der Waals surface area contributed by atoms with Gasteiger partial charge in [-0.3, -0.25) is 0 Å². The highest BCUT2D eigenvalue weighted by atomic mass is 15.0. The lowest BCUT2D eigenvalue weighted by atomic mass is 9.92. The van der Waals surface area contributed by atoms with Crippen molar-refractivity contribution < 1.29 is 0 Å². The minimum Gasteiger partial charge on any atom is -0.316 e. The third-order valence-electron chi connectivity index (χ3n) is 9.70. The second kappa shape index (κ2) is 9.69. The van der Waals surface area contributed by atoms with Crippen LogP contribution in [0, 0.1) is 0 Å². The van der Waals surface area contributed by atoms with Crippen LogP contribution in [0.25, 0.3) is 87.5 Å². The maximum Gasteiger partial charge on any atom is 0.0562 e. The van der Waals surface area contributed by atoms with Crippen molar-refractivity contribution in [3.63, 3.8) is 0 Å². The van der Waals surface area contributed by atoms with Gasteiger partial charge in [-0.25, -0.2) is 0 Å². The number of para-hydroxylation sites is 2. The average Bonchev–Trinajstić information content (AvgIpc) is 3.69. The second-order valence-electron chi connectivity index (χ2n) is 12.2. The van der Waals surface area contributed by atoms with Gasteiger partial charge in [0.15, 0.2) is 0 Å². The van der Waals surface area contributed by atoms with Gasteiger partial charge >= 0.3 is 0 Å². The number of hydrogen-bond donors (Lipinski definition) is 0. The van der Waals surface area contributed by atoms with Gasteiger partial charge in [-0.2, -0.15) is 0 Å². The first-order chi connectivity index (χ1) is 22.8. The van der Waals surface area contributed by atoms with E-state index in [9.17, 15) is 0 Å². The fourth-order valence-electron chi connectivity index (χ4n) is 7.60. The smallest absolute Gasteiger partial charge is 0.0562 e. The molecule has 0 atom stereocenters. The van der Waals surface area contributed by atoms with Crippen molar-refractivity contribution in [1.82, 2.24) is 9.13 Å². The van der Waals surface area contributed by atoms with E-state index in [4.69, 9.17) is 0 Å². The highest BCUT2D eigenvalue weighted by molar-refractivity contribution is 6.25. The Morgan fingerprint density at radius 2 is 0.913 bits per heavy atom. The molecule has 0 aliphatic heterocycles. The lowest BCUT2D eigenvalue weighted by Crippen LogP contribution is -1.95. The molecule has 10 aromatic rings. The van der Waals surface area contributed by atoms with E-state index >= 15 is 0 Å². The van der Waals surface area contributed by atoms with Gasteiger partial charge in [0.25, 0.3) is 0 Å². The van der Waals surface area contributed by atoms with E-state index in [0.29, 0.717) is 0 Å². The molecule has 0 saturated heterocycles. The van der Waals surface area contributed by atoms with Crippen LogP contribution >= 0.6 is 0 Å². The fourth-order valence-corrected chi connectivity index (χ4v) is 7.60. The normalized spacial score (nSPS) is 11.9. The Labute approximate surface area is 266 Å². The summed E-state index contributed by atoms with van der Waals surface area (Å²) < 4.78 is 4.72. The van der Waals surface area contributed by atoms with Gasteiger partial charge in [-0.05, 0) is 98.0 Å². The highest BCUT2D eigenvalue weighted by Gasteiger charge is 2.16. The zero-order valence-corrected chi connectivity index (χ0v) is 25.1. The van der Waals surface area contributed by atoms with E-state index in [0.717, 1.165) is 11.4 Å². The molecule has 2 heteroatoms. The van der Waals surface area contributed by atoms with Gasteiger partial charge in [0.2, 0.25) is 0 Å². The van der Waals surface area contributed by atoms with Gasteiger partial charge in [0.1, 0.15) is 0 Å². The van der Waals surface area contributed by atoms with Crippen molar-refractivity contribution in [2.45, 2.75) is 0 Å². The largest absolute Gasteiger partial charge is 0.316 e. The highest BCUT2D eigenvalue weighted by Crippen LogP contribution is 2.39. The number of aromatic nitrogens is 2. The monoisotopic (exact) mass is 584 g/mol. The van der Waals surface area contributed by atoms with Crippen molar-refractivity contribution in [3.05, 3.63) is 170 Å². The van der Waals surface area contributed by atoms with Crippen LogP contribution in [0.1, 0.15) is 0 Å². The van der Waals surface area contributed by atoms with Crippen LogP contribution in [-0.2, 0) is 0 Å². The number of fused-ring (bicyclic) bond motifs is 10. The third-order valence-corrected chi connectivity index (χ3v) is 9.70. The molecule has 8 aromatic carbocycles. The topological polar surface area (TPSA) is 9.86 Å². The number of hydrogen-bond acceptors (Lipinski definition) is 0. The van der Waals surface area contributed by atoms with E-state index in [1.54, 1.807) is 0 Å². The van der Waals surface area contributed by atoms with Crippen LogP contribution in [0.15, 0.2) is 170 Å². The summed E-state index contributed by atoms with van der Waals surface area (Å²) in [6.45, 7) is 0. The van der Waals surface area contributed by atoms with E-state index in [1.165, 1.54) is 76.2 Å². The molecule has 214 valence electrons. The maximum atomic E-state index is 2.43. The Kier molecular flexibility index (Phi) is 5.31. The van der Waals surface area contributed by atoms with Crippen molar-refractivity contribution in [1.29, 1.82) is 0 Å². The number of nitrogens with zero attached hydrogens (tertiary/aromatic N) is 2. The molecule has 0 spiro atoms. The second-order valence-corrected chi connectivity index (χ2v) is 12.2. The summed E-state index contributed by atoms with van der Waals surface area (Å²) >= 11 is 0. The molecule has 0 amide bonds. The Morgan fingerprint density at radius 1 is 0.304 bits per heavy atom. The molecule has 0 unspecified atom stereocenters. The number of rotatable bonds is 3. The van der Waals surface area contributed by atoms with Gasteiger partial charge in [0, 0.05) is 33.7 Å². The van der Waals surface area contributed by atoms with E-state index in [2.05, 4.69) is 179 Å². The van der Waals surface area contributed by atoms with Crippen molar-refractivity contribution >= 4 is 65.0 Å². The Bertz CT molecular complexity index is 2760. The van der Waals surface area contributed by atoms with Crippen LogP contribution in [0.5, 0.6) is 0 Å². The summed E-state index contributed by atoms with van der Waals surface area (Å²) in [6, 6.07) is 59.9. The predicted molar refractivity (Wildman–Crippen MR) is 196 cm³/mol. The summed E-state index contributed by atoms with van der Waals surface area (Å²) in [6.07, 6.45) is 2.18. The first-order valence-corrected chi connectivity index (χ1v) is 15.9. The summed E-state index contributed by atoms with van der Waals surface area (Å²) in [5.74, 6) is 0. The summed E-state index contributed by atoms with van der Waals surface area (Å²) in [4.78, 5) is 0. The summed E-state index contributed by atoms with van der Waals surface area (Å²) in [5.41, 5.74) is 8.37. The molecule has 46 heavy (non-hydrogen) atoms. The fraction of sp³-hybridized carbons (Fsp3) is 0. The third kappa shape index (κ3) is 3.65. The molecule has 0 aliphatic carbocycles. The zero-order chi connectivity index (χ0) is 30.2. The SMILES string of the molecule is c1ccc(-n2ccc3cc4c5ccccc5n(-c5cccc(-c6ccc7c8ccccc8c8ccccc8c7c6)c5)c4cc32)cc1. The molecule has 0 N–H and O–H groups in total. The Hall–Kier alpha value is -6.12. The lowest BCUT2D eigenvalue weighted by Gasteiger charge is -2.13. The quantitative estimate of drug-likeness (QED) is 0.183. The van der Waals surface area contributed by atoms with Crippen molar-refractivity contribution in [2.75, 3.05) is 0 Å². The van der Waals surface area contributed by atoms with Crippen molar-refractivity contribution in [3.8, 4) is 22.5 Å². The van der Waals surface area contributed by atoms with Crippen LogP contribution < -0.4 is 0 Å². The molecule has 0 aliphatic rings. The maximum absolute atomic E-state index is 2.43. The Morgan fingerprint density at radius 3 is 1.67 bits per heavy atom. The molecule has 0 bridgehead atoms. The van der Waals surface area contributed by atoms with Gasteiger partial charge in [-0.15, -0.1) is 0 Å². The molecular formula is C44H28N2. The van der Waals surface area contributed by atoms with Crippen molar-refractivity contribution in [2.24, 2.45) is 0 Å². The molecule has 2 aromatic heterocycles. The van der Waals surface area contributed by atoms with Crippen LogP contribution in [0.2, 0.25) is 0 Å². The van der Waals surface area contributed by atoms with Crippen LogP contribution in [0.4, 0.5) is 0 Å². The molecule has 10 rings (SSSR count). The van der Waals surface area contributed by atoms with Crippen LogP contribution in [0.3, 0.4) is 0 Å². The zero-order valence-electron chi connectivity index (χ0n) is 25.1. The molecule has 0 fully saturated rings. The first kappa shape index (κ1) is 25.2. The molecule has 2 heterocycles. The standard InChI is InChI=1S/C44H28N2/c1-2-12-32(13-3-1)45-24-23-31-27-41-39-19-8-9-20-42(39)46(44(41)28-43(31)45)33-14-10-11-29(25-33)30-21-22-38-36-17-5-4-15-34(36)35-16-6-7-18-37(35)40(38)26-30/h1-28H. The van der Waals surface area contributed by atoms with Crippen LogP contribution in [-0.4, -0.2) is 9.13 Å². The Balaban J connectivity index is 1.20. The van der Waals surface area contributed by atoms with Gasteiger partial charge in [0.05, 0.1) is 16.6 Å². The van der Waals surface area contributed by atoms with E-state index in [-0.39, 0.29) is 0 Å². The van der Waals surface area contributed by atoms with E-state index in [1.807, 2.05) is 0 Å². The van der Waals surface area contributed by atoms with Gasteiger partial charge in [-0.1, -0.05) is 109 Å². The molecule has 2 nitrogen and oxygen atoms in total. The molecular weight excluding hydrogens is 556 g/mol. The minimum atomic E-state index is 1.16. The lowest BCUT2D eigenvalue weighted by molar-refractivity contribution is 1.12.